The van der Waals surface area contributed by atoms with Crippen molar-refractivity contribution >= 4 is 25.9 Å². The Balaban J connectivity index is 1.33. The summed E-state index contributed by atoms with van der Waals surface area (Å²) in [7, 11) is -2.78. The van der Waals surface area contributed by atoms with Gasteiger partial charge in [-0.2, -0.15) is 10.3 Å². The van der Waals surface area contributed by atoms with E-state index in [-0.39, 0.29) is 13.2 Å². The molecule has 0 bridgehead atoms. The molecular weight excluding hydrogens is 440 g/mol. The highest BCUT2D eigenvalue weighted by Crippen LogP contribution is 2.33. The van der Waals surface area contributed by atoms with Crippen LogP contribution in [0.1, 0.15) is 11.1 Å². The van der Waals surface area contributed by atoms with E-state index in [1.165, 1.54) is 11.0 Å². The molecule has 0 aliphatic carbocycles. The van der Waals surface area contributed by atoms with Crippen LogP contribution in [0.25, 0.3) is 11.1 Å². The fourth-order valence-electron chi connectivity index (χ4n) is 3.94. The molecule has 5 rings (SSSR count). The van der Waals surface area contributed by atoms with Crippen LogP contribution in [0.2, 0.25) is 0 Å². The number of aromatic amines is 1. The Labute approximate surface area is 182 Å². The predicted octanol–water partition coefficient (Wildman–Crippen LogP) is 3.12. The summed E-state index contributed by atoms with van der Waals surface area (Å²) < 4.78 is 35.4. The van der Waals surface area contributed by atoms with Crippen molar-refractivity contribution in [2.24, 2.45) is 0 Å². The number of carbonyl (C=O) groups excluding carboxylic acids is 1. The summed E-state index contributed by atoms with van der Waals surface area (Å²) in [5, 5.41) is 10.6. The standard InChI is InChI=1S/C20H17FN5O5P/c21-18-6-15(26-10-16(31-20(26)27)11-30-32(28)29)3-4-17(18)12-1-2-13-8-25(9-14(13)5-12)19-7-22-24-23-19/h1-7,16H,8-11H2,(H-,22,23,24,28,29)/p+1/t16-/m1/s1. The van der Waals surface area contributed by atoms with Crippen molar-refractivity contribution in [2.45, 2.75) is 19.2 Å². The second kappa shape index (κ2) is 8.27. The van der Waals surface area contributed by atoms with Gasteiger partial charge in [0.25, 0.3) is 0 Å². The lowest BCUT2D eigenvalue weighted by Crippen LogP contribution is -2.25. The van der Waals surface area contributed by atoms with Crippen LogP contribution in [0, 0.1) is 5.82 Å². The maximum Gasteiger partial charge on any atom is 0.694 e. The molecule has 2 N–H and O–H groups in total. The number of carbonyl (C=O) groups is 1. The highest BCUT2D eigenvalue weighted by atomic mass is 31.1. The van der Waals surface area contributed by atoms with Gasteiger partial charge in [0.2, 0.25) is 0 Å². The van der Waals surface area contributed by atoms with E-state index in [0.29, 0.717) is 24.3 Å². The number of aromatic nitrogens is 3. The quantitative estimate of drug-likeness (QED) is 0.541. The van der Waals surface area contributed by atoms with E-state index in [9.17, 15) is 9.36 Å². The van der Waals surface area contributed by atoms with Crippen LogP contribution in [0.15, 0.2) is 42.6 Å². The van der Waals surface area contributed by atoms with E-state index in [1.54, 1.807) is 18.3 Å². The van der Waals surface area contributed by atoms with Gasteiger partial charge in [-0.3, -0.25) is 4.90 Å². The Hall–Kier alpha value is -3.40. The Morgan fingerprint density at radius 1 is 1.25 bits per heavy atom. The molecule has 12 heteroatoms. The van der Waals surface area contributed by atoms with Crippen LogP contribution in [-0.2, 0) is 26.9 Å². The van der Waals surface area contributed by atoms with Crippen LogP contribution in [-0.4, -0.2) is 45.7 Å². The highest BCUT2D eigenvalue weighted by Gasteiger charge is 2.35. The molecular formula is C20H18FN5O5P+. The Kier molecular flexibility index (Phi) is 5.30. The van der Waals surface area contributed by atoms with Crippen molar-refractivity contribution in [1.29, 1.82) is 0 Å². The Morgan fingerprint density at radius 2 is 2.09 bits per heavy atom. The van der Waals surface area contributed by atoms with Crippen molar-refractivity contribution in [3.63, 3.8) is 0 Å². The number of benzene rings is 2. The molecule has 0 radical (unpaired) electrons. The number of rotatable bonds is 6. The molecule has 2 aliphatic heterocycles. The third kappa shape index (κ3) is 3.93. The monoisotopic (exact) mass is 458 g/mol. The van der Waals surface area contributed by atoms with Gasteiger partial charge < -0.3 is 9.64 Å². The lowest BCUT2D eigenvalue weighted by molar-refractivity contribution is 0.103. The molecule has 164 valence electrons. The van der Waals surface area contributed by atoms with Gasteiger partial charge in [0.1, 0.15) is 18.5 Å². The van der Waals surface area contributed by atoms with Crippen molar-refractivity contribution in [3.05, 3.63) is 59.5 Å². The average Bonchev–Trinajstić information content (AvgIpc) is 3.51. The summed E-state index contributed by atoms with van der Waals surface area (Å²) >= 11 is 0. The first-order valence-corrected chi connectivity index (χ1v) is 10.9. The predicted molar refractivity (Wildman–Crippen MR) is 111 cm³/mol. The van der Waals surface area contributed by atoms with E-state index in [1.807, 2.05) is 18.2 Å². The number of fused-ring (bicyclic) bond motifs is 1. The zero-order valence-electron chi connectivity index (χ0n) is 16.6. The number of nitrogens with one attached hydrogen (secondary N) is 1. The Bertz CT molecular complexity index is 1190. The minimum absolute atomic E-state index is 0.0948. The number of hydrogen-bond acceptors (Lipinski definition) is 7. The summed E-state index contributed by atoms with van der Waals surface area (Å²) in [6.07, 6.45) is 0.291. The summed E-state index contributed by atoms with van der Waals surface area (Å²) in [5.41, 5.74) is 3.72. The normalized spacial score (nSPS) is 18.1. The molecule has 2 aromatic carbocycles. The molecule has 1 fully saturated rings. The van der Waals surface area contributed by atoms with Gasteiger partial charge in [0.15, 0.2) is 5.82 Å². The van der Waals surface area contributed by atoms with Crippen LogP contribution < -0.4 is 9.80 Å². The zero-order chi connectivity index (χ0) is 22.2. The topological polar surface area (TPSA) is 121 Å². The second-order valence-electron chi connectivity index (χ2n) is 7.48. The number of ether oxygens (including phenoxy) is 1. The van der Waals surface area contributed by atoms with Crippen LogP contribution in [0.3, 0.4) is 0 Å². The van der Waals surface area contributed by atoms with E-state index < -0.39 is 26.3 Å². The number of hydrogen-bond donors (Lipinski definition) is 2. The number of nitrogens with zero attached hydrogens (tertiary/aromatic N) is 4. The summed E-state index contributed by atoms with van der Waals surface area (Å²) in [5.74, 6) is 0.282. The highest BCUT2D eigenvalue weighted by molar-refractivity contribution is 7.32. The average molecular weight is 458 g/mol. The molecule has 1 amide bonds. The lowest BCUT2D eigenvalue weighted by Gasteiger charge is -2.14. The molecule has 0 saturated carbocycles. The molecule has 0 spiro atoms. The Morgan fingerprint density at radius 3 is 2.84 bits per heavy atom. The third-order valence-electron chi connectivity index (χ3n) is 5.48. The van der Waals surface area contributed by atoms with Gasteiger partial charge in [-0.05, 0) is 41.0 Å². The van der Waals surface area contributed by atoms with Crippen molar-refractivity contribution < 1.29 is 27.9 Å². The van der Waals surface area contributed by atoms with Gasteiger partial charge in [-0.25, -0.2) is 9.18 Å². The minimum Gasteiger partial charge on any atom is -0.441 e. The molecule has 3 aromatic rings. The summed E-state index contributed by atoms with van der Waals surface area (Å²) in [6.45, 7) is 1.24. The smallest absolute Gasteiger partial charge is 0.441 e. The molecule has 32 heavy (non-hydrogen) atoms. The van der Waals surface area contributed by atoms with Crippen LogP contribution in [0.5, 0.6) is 0 Å². The zero-order valence-corrected chi connectivity index (χ0v) is 17.5. The first kappa shape index (κ1) is 20.5. The first-order valence-electron chi connectivity index (χ1n) is 9.77. The molecule has 10 nitrogen and oxygen atoms in total. The first-order chi connectivity index (χ1) is 15.5. The summed E-state index contributed by atoms with van der Waals surface area (Å²) in [6, 6.07) is 10.4. The van der Waals surface area contributed by atoms with Gasteiger partial charge in [0, 0.05) is 23.2 Å². The van der Waals surface area contributed by atoms with Crippen LogP contribution >= 0.6 is 8.25 Å². The number of cyclic esters (lactones) is 1. The van der Waals surface area contributed by atoms with E-state index in [2.05, 4.69) is 24.8 Å². The molecule has 1 aromatic heterocycles. The fraction of sp³-hybridized carbons (Fsp3) is 0.250. The van der Waals surface area contributed by atoms with E-state index >= 15 is 4.39 Å². The van der Waals surface area contributed by atoms with Gasteiger partial charge in [-0.1, -0.05) is 12.1 Å². The maximum atomic E-state index is 15.0. The molecule has 1 unspecified atom stereocenters. The number of anilines is 2. The maximum absolute atomic E-state index is 15.0. The van der Waals surface area contributed by atoms with Crippen molar-refractivity contribution in [3.8, 4) is 11.1 Å². The van der Waals surface area contributed by atoms with Crippen molar-refractivity contribution in [2.75, 3.05) is 23.0 Å². The fourth-order valence-corrected chi connectivity index (χ4v) is 4.24. The lowest BCUT2D eigenvalue weighted by atomic mass is 10.00. The number of H-pyrrole nitrogens is 1. The van der Waals surface area contributed by atoms with Gasteiger partial charge >= 0.3 is 14.3 Å². The largest absolute Gasteiger partial charge is 0.694 e. The van der Waals surface area contributed by atoms with E-state index in [0.717, 1.165) is 22.5 Å². The minimum atomic E-state index is -2.78. The summed E-state index contributed by atoms with van der Waals surface area (Å²) in [4.78, 5) is 24.2. The third-order valence-corrected chi connectivity index (χ3v) is 5.85. The molecule has 1 saturated heterocycles. The van der Waals surface area contributed by atoms with Gasteiger partial charge in [0.05, 0.1) is 18.4 Å². The van der Waals surface area contributed by atoms with Crippen molar-refractivity contribution in [1.82, 2.24) is 15.4 Å². The van der Waals surface area contributed by atoms with E-state index in [4.69, 9.17) is 9.63 Å². The molecule has 2 aliphatic rings. The SMILES string of the molecule is O=C1O[C@@H](CO[P+](=O)O)CN1c1ccc(-c2ccc3c(c2)CN(c2cn[nH]n2)C3)c(F)c1. The molecule has 3 heterocycles. The van der Waals surface area contributed by atoms with Crippen LogP contribution in [0.4, 0.5) is 20.7 Å². The number of amides is 1. The molecule has 2 atom stereocenters. The van der Waals surface area contributed by atoms with Gasteiger partial charge in [-0.15, -0.1) is 14.5 Å². The second-order valence-corrected chi connectivity index (χ2v) is 8.22. The number of halogens is 1.